The van der Waals surface area contributed by atoms with E-state index in [0.29, 0.717) is 34.5 Å². The van der Waals surface area contributed by atoms with E-state index in [2.05, 4.69) is 28.9 Å². The number of benzene rings is 3. The van der Waals surface area contributed by atoms with Gasteiger partial charge in [0.05, 0.1) is 26.7 Å². The molecule has 1 fully saturated rings. The van der Waals surface area contributed by atoms with Crippen molar-refractivity contribution in [3.8, 4) is 11.8 Å². The van der Waals surface area contributed by atoms with Crippen molar-refractivity contribution in [3.05, 3.63) is 98.4 Å². The van der Waals surface area contributed by atoms with Gasteiger partial charge in [-0.15, -0.1) is 0 Å². The van der Waals surface area contributed by atoms with Gasteiger partial charge in [0, 0.05) is 12.1 Å². The van der Waals surface area contributed by atoms with E-state index in [0.717, 1.165) is 34.1 Å². The van der Waals surface area contributed by atoms with Crippen molar-refractivity contribution in [2.75, 3.05) is 6.54 Å². The van der Waals surface area contributed by atoms with Crippen LogP contribution in [0.4, 0.5) is 5.69 Å². The first-order chi connectivity index (χ1) is 17.5. The molecule has 0 aliphatic carbocycles. The number of rotatable bonds is 8. The van der Waals surface area contributed by atoms with E-state index in [1.54, 1.807) is 11.0 Å². The van der Waals surface area contributed by atoms with Crippen LogP contribution in [-0.2, 0) is 11.4 Å². The van der Waals surface area contributed by atoms with Crippen LogP contribution in [0, 0.1) is 18.3 Å². The number of halogens is 1. The maximum atomic E-state index is 13.2. The molecule has 7 heteroatoms. The van der Waals surface area contributed by atoms with Gasteiger partial charge in [0.2, 0.25) is 0 Å². The molecular weight excluding hydrogens is 534 g/mol. The van der Waals surface area contributed by atoms with E-state index in [9.17, 15) is 10.1 Å². The lowest BCUT2D eigenvalue weighted by Gasteiger charge is -2.14. The average molecular weight is 561 g/mol. The topological polar surface area (TPSA) is 65.7 Å². The molecule has 36 heavy (non-hydrogen) atoms. The van der Waals surface area contributed by atoms with Crippen molar-refractivity contribution < 1.29 is 9.53 Å². The molecule has 1 aliphatic rings. The third kappa shape index (κ3) is 6.26. The maximum absolute atomic E-state index is 13.2. The summed E-state index contributed by atoms with van der Waals surface area (Å²) in [5, 5.41) is 9.99. The molecule has 0 aromatic heterocycles. The summed E-state index contributed by atoms with van der Waals surface area (Å²) in [5.41, 5.74) is 4.32. The van der Waals surface area contributed by atoms with Gasteiger partial charge in [0.15, 0.2) is 5.17 Å². The van der Waals surface area contributed by atoms with Gasteiger partial charge < -0.3 is 4.74 Å². The Labute approximate surface area is 224 Å². The van der Waals surface area contributed by atoms with Crippen LogP contribution in [0.3, 0.4) is 0 Å². The van der Waals surface area contributed by atoms with Crippen molar-refractivity contribution in [2.24, 2.45) is 4.99 Å². The first-order valence-electron chi connectivity index (χ1n) is 11.8. The van der Waals surface area contributed by atoms with Crippen molar-refractivity contribution in [2.45, 2.75) is 33.3 Å². The minimum absolute atomic E-state index is 0.0242. The van der Waals surface area contributed by atoms with Gasteiger partial charge in [-0.3, -0.25) is 9.69 Å². The summed E-state index contributed by atoms with van der Waals surface area (Å²) >= 11 is 4.99. The predicted molar refractivity (Wildman–Crippen MR) is 150 cm³/mol. The summed E-state index contributed by atoms with van der Waals surface area (Å²) in [6.45, 7) is 5.09. The van der Waals surface area contributed by atoms with Crippen molar-refractivity contribution >= 4 is 50.5 Å². The van der Waals surface area contributed by atoms with Gasteiger partial charge in [0.25, 0.3) is 5.91 Å². The quantitative estimate of drug-likeness (QED) is 0.266. The highest BCUT2D eigenvalue weighted by Crippen LogP contribution is 2.36. The smallest absolute Gasteiger partial charge is 0.266 e. The summed E-state index contributed by atoms with van der Waals surface area (Å²) in [4.78, 5) is 20.4. The van der Waals surface area contributed by atoms with Gasteiger partial charge in [0.1, 0.15) is 12.4 Å². The number of nitrogens with zero attached hydrogens (tertiary/aromatic N) is 3. The average Bonchev–Trinajstić information content (AvgIpc) is 3.17. The van der Waals surface area contributed by atoms with E-state index in [1.807, 2.05) is 73.7 Å². The molecule has 182 valence electrons. The number of aliphatic imine (C=N–C) groups is 1. The monoisotopic (exact) mass is 559 g/mol. The summed E-state index contributed by atoms with van der Waals surface area (Å²) in [7, 11) is 0. The number of carbonyl (C=O) groups is 1. The number of nitriles is 1. The summed E-state index contributed by atoms with van der Waals surface area (Å²) < 4.78 is 6.72. The fourth-order valence-electron chi connectivity index (χ4n) is 3.62. The van der Waals surface area contributed by atoms with Crippen LogP contribution in [0.15, 0.2) is 81.1 Å². The molecule has 0 unspecified atom stereocenters. The van der Waals surface area contributed by atoms with Crippen LogP contribution in [0.5, 0.6) is 5.75 Å². The Morgan fingerprint density at radius 3 is 2.64 bits per heavy atom. The van der Waals surface area contributed by atoms with E-state index < -0.39 is 0 Å². The van der Waals surface area contributed by atoms with E-state index in [-0.39, 0.29) is 5.91 Å². The molecular formula is C29H26BrN3O2S. The largest absolute Gasteiger partial charge is 0.488 e. The first-order valence-corrected chi connectivity index (χ1v) is 13.4. The molecule has 1 saturated heterocycles. The molecule has 0 N–H and O–H groups in total. The Morgan fingerprint density at radius 1 is 1.14 bits per heavy atom. The Bertz CT molecular complexity index is 1360. The SMILES string of the molecule is CCCCN1C(=O)/C(=C\c2ccc(OCc3ccccc3C#N)c(Br)c2)SC1=Nc1ccc(C)cc1. The van der Waals surface area contributed by atoms with Gasteiger partial charge in [-0.2, -0.15) is 5.26 Å². The highest BCUT2D eigenvalue weighted by molar-refractivity contribution is 9.10. The molecule has 4 rings (SSSR count). The van der Waals surface area contributed by atoms with Gasteiger partial charge in [-0.05, 0) is 83.0 Å². The number of carbonyl (C=O) groups excluding carboxylic acids is 1. The lowest BCUT2D eigenvalue weighted by atomic mass is 10.1. The number of amides is 1. The van der Waals surface area contributed by atoms with Gasteiger partial charge >= 0.3 is 0 Å². The third-order valence-electron chi connectivity index (χ3n) is 5.66. The fourth-order valence-corrected chi connectivity index (χ4v) is 5.16. The molecule has 3 aromatic rings. The first kappa shape index (κ1) is 25.7. The minimum Gasteiger partial charge on any atom is -0.488 e. The van der Waals surface area contributed by atoms with E-state index >= 15 is 0 Å². The Hall–Kier alpha value is -3.34. The summed E-state index contributed by atoms with van der Waals surface area (Å²) in [6.07, 6.45) is 3.81. The van der Waals surface area contributed by atoms with Crippen LogP contribution in [0.1, 0.15) is 42.0 Å². The molecule has 1 aliphatic heterocycles. The van der Waals surface area contributed by atoms with Crippen molar-refractivity contribution in [3.63, 3.8) is 0 Å². The number of hydrogen-bond acceptors (Lipinski definition) is 5. The van der Waals surface area contributed by atoms with Crippen LogP contribution < -0.4 is 4.74 Å². The van der Waals surface area contributed by atoms with Crippen molar-refractivity contribution in [1.29, 1.82) is 5.26 Å². The van der Waals surface area contributed by atoms with E-state index in [1.165, 1.54) is 17.3 Å². The number of unbranched alkanes of at least 4 members (excludes halogenated alkanes) is 1. The Morgan fingerprint density at radius 2 is 1.92 bits per heavy atom. The maximum Gasteiger partial charge on any atom is 0.266 e. The minimum atomic E-state index is -0.0242. The second-order valence-electron chi connectivity index (χ2n) is 8.40. The van der Waals surface area contributed by atoms with Gasteiger partial charge in [-0.1, -0.05) is 55.3 Å². The molecule has 0 radical (unpaired) electrons. The highest BCUT2D eigenvalue weighted by atomic mass is 79.9. The third-order valence-corrected chi connectivity index (χ3v) is 7.28. The van der Waals surface area contributed by atoms with Crippen LogP contribution >= 0.6 is 27.7 Å². The van der Waals surface area contributed by atoms with Crippen LogP contribution in [0.25, 0.3) is 6.08 Å². The molecule has 0 atom stereocenters. The molecule has 3 aromatic carbocycles. The standard InChI is InChI=1S/C29H26BrN3O2S/c1-3-4-15-33-28(34)27(36-29(33)32-24-12-9-20(2)10-13-24)17-21-11-14-26(25(30)16-21)35-19-23-8-6-5-7-22(23)18-31/h5-14,16-17H,3-4,15,19H2,1-2H3/b27-17+,32-29?. The highest BCUT2D eigenvalue weighted by Gasteiger charge is 2.33. The van der Waals surface area contributed by atoms with Crippen molar-refractivity contribution in [1.82, 2.24) is 4.90 Å². The molecule has 5 nitrogen and oxygen atoms in total. The molecule has 0 saturated carbocycles. The second kappa shape index (κ2) is 12.1. The lowest BCUT2D eigenvalue weighted by molar-refractivity contribution is -0.122. The molecule has 0 spiro atoms. The molecule has 1 heterocycles. The molecule has 1 amide bonds. The zero-order chi connectivity index (χ0) is 25.5. The summed E-state index contributed by atoms with van der Waals surface area (Å²) in [6, 6.07) is 23.3. The number of thioether (sulfide) groups is 1. The Balaban J connectivity index is 1.53. The number of ether oxygens (including phenoxy) is 1. The van der Waals surface area contributed by atoms with Crippen LogP contribution in [-0.4, -0.2) is 22.5 Å². The molecule has 0 bridgehead atoms. The zero-order valence-electron chi connectivity index (χ0n) is 20.2. The second-order valence-corrected chi connectivity index (χ2v) is 10.3. The Kier molecular flexibility index (Phi) is 8.63. The normalized spacial score (nSPS) is 15.5. The summed E-state index contributed by atoms with van der Waals surface area (Å²) in [5.74, 6) is 0.644. The predicted octanol–water partition coefficient (Wildman–Crippen LogP) is 7.61. The zero-order valence-corrected chi connectivity index (χ0v) is 22.6. The van der Waals surface area contributed by atoms with Crippen LogP contribution in [0.2, 0.25) is 0 Å². The lowest BCUT2D eigenvalue weighted by Crippen LogP contribution is -2.30. The number of amidine groups is 1. The fraction of sp³-hybridized carbons (Fsp3) is 0.207. The number of hydrogen-bond donors (Lipinski definition) is 0. The number of aryl methyl sites for hydroxylation is 1. The van der Waals surface area contributed by atoms with E-state index in [4.69, 9.17) is 9.73 Å². The van der Waals surface area contributed by atoms with Gasteiger partial charge in [-0.25, -0.2) is 4.99 Å².